The number of carbonyl (C=O) groups is 2. The van der Waals surface area contributed by atoms with Crippen LogP contribution in [0.15, 0.2) is 121 Å². The fourth-order valence-corrected chi connectivity index (χ4v) is 16.5. The van der Waals surface area contributed by atoms with Crippen LogP contribution in [0.2, 0.25) is 0 Å². The van der Waals surface area contributed by atoms with Crippen LogP contribution in [-0.2, 0) is 20.4 Å². The van der Waals surface area contributed by atoms with E-state index in [9.17, 15) is 9.59 Å². The summed E-state index contributed by atoms with van der Waals surface area (Å²) in [6.07, 6.45) is 1.50. The van der Waals surface area contributed by atoms with Gasteiger partial charge < -0.3 is 19.8 Å². The average molecular weight is 1080 g/mol. The summed E-state index contributed by atoms with van der Waals surface area (Å²) in [5.74, 6) is 1.69. The van der Waals surface area contributed by atoms with Gasteiger partial charge in [-0.25, -0.2) is 9.97 Å². The normalized spacial score (nSPS) is 18.2. The number of aromatic nitrogens is 4. The van der Waals surface area contributed by atoms with E-state index in [2.05, 4.69) is 187 Å². The maximum atomic E-state index is 9.43. The van der Waals surface area contributed by atoms with Gasteiger partial charge in [0.2, 0.25) is 12.8 Å². The van der Waals surface area contributed by atoms with E-state index in [1.165, 1.54) is 116 Å². The highest BCUT2D eigenvalue weighted by Gasteiger charge is 2.65. The van der Waals surface area contributed by atoms with Gasteiger partial charge in [-0.2, -0.15) is 0 Å². The predicted octanol–water partition coefficient (Wildman–Crippen LogP) is 15.2. The van der Waals surface area contributed by atoms with E-state index in [1.54, 1.807) is 28.2 Å². The summed E-state index contributed by atoms with van der Waals surface area (Å²) in [7, 11) is 6.75. The molecule has 0 spiro atoms. The Bertz CT molecular complexity index is 3400. The van der Waals surface area contributed by atoms with Crippen molar-refractivity contribution in [2.75, 3.05) is 28.2 Å². The summed E-state index contributed by atoms with van der Waals surface area (Å²) in [5, 5.41) is 0. The number of carbonyl (C=O) groups excluding carboxylic acids is 2. The number of amides is 2. The minimum absolute atomic E-state index is 0.138. The van der Waals surface area contributed by atoms with Gasteiger partial charge in [0, 0.05) is 101 Å². The van der Waals surface area contributed by atoms with Crippen LogP contribution < -0.4 is 0 Å². The van der Waals surface area contributed by atoms with Crippen LogP contribution in [0.25, 0.3) is 45.0 Å². The molecule has 0 unspecified atom stereocenters. The molecule has 6 aliphatic rings. The monoisotopic (exact) mass is 1070 g/mol. The van der Waals surface area contributed by atoms with Crippen molar-refractivity contribution < 1.29 is 9.59 Å². The van der Waals surface area contributed by atoms with Crippen LogP contribution in [0, 0.1) is 55.4 Å². The SMILES string of the molecule is CN(C)C=O.CN(C)C=O.Cc1cc(-c2nc(C34c5ccccc5C(c5ccccc53)C3(c5nc(-c6cc(C)sc6C)c(-c6cc(C)sc6C)[nH]5)c5ccccc5C4c4ccccc43)[nH]c2-c2cc(C)sc2C)c(C)s1. The smallest absolute Gasteiger partial charge is 0.209 e. The number of hydrogen-bond acceptors (Lipinski definition) is 8. The average Bonchev–Trinajstić information content (AvgIpc) is 4.35. The third-order valence-corrected chi connectivity index (χ3v) is 19.3. The number of hydrogen-bond donors (Lipinski definition) is 2. The number of rotatable bonds is 8. The van der Waals surface area contributed by atoms with E-state index >= 15 is 0 Å². The van der Waals surface area contributed by atoms with Crippen LogP contribution in [-0.4, -0.2) is 70.7 Å². The fraction of sp³-hybridized carbons (Fsp3) is 0.250. The zero-order valence-electron chi connectivity index (χ0n) is 45.1. The molecule has 16 rings (SSSR count). The van der Waals surface area contributed by atoms with Crippen LogP contribution in [0.5, 0.6) is 0 Å². The van der Waals surface area contributed by atoms with E-state index in [4.69, 9.17) is 9.97 Å². The van der Waals surface area contributed by atoms with Gasteiger partial charge in [0.15, 0.2) is 0 Å². The summed E-state index contributed by atoms with van der Waals surface area (Å²) < 4.78 is 0. The van der Waals surface area contributed by atoms with Crippen molar-refractivity contribution in [2.45, 2.75) is 78.1 Å². The summed E-state index contributed by atoms with van der Waals surface area (Å²) in [5.41, 5.74) is 18.1. The Morgan fingerprint density at radius 3 is 0.908 bits per heavy atom. The predicted molar refractivity (Wildman–Crippen MR) is 317 cm³/mol. The number of nitrogens with zero attached hydrogens (tertiary/aromatic N) is 4. The topological polar surface area (TPSA) is 98.0 Å². The van der Waals surface area contributed by atoms with Gasteiger partial charge >= 0.3 is 0 Å². The third kappa shape index (κ3) is 7.85. The molecule has 0 aliphatic heterocycles. The van der Waals surface area contributed by atoms with Crippen molar-refractivity contribution >= 4 is 58.2 Å². The quantitative estimate of drug-likeness (QED) is 0.148. The molecule has 0 saturated heterocycles. The van der Waals surface area contributed by atoms with Crippen LogP contribution in [0.4, 0.5) is 0 Å². The number of H-pyrrole nitrogens is 2. The molecule has 12 heteroatoms. The number of benzene rings is 4. The van der Waals surface area contributed by atoms with E-state index < -0.39 is 10.8 Å². The molecular weight excluding hydrogens is 1010 g/mol. The Morgan fingerprint density at radius 2 is 0.671 bits per heavy atom. The molecule has 0 atom stereocenters. The molecule has 8 nitrogen and oxygen atoms in total. The minimum atomic E-state index is -0.733. The van der Waals surface area contributed by atoms with Crippen molar-refractivity contribution in [3.8, 4) is 45.0 Å². The zero-order chi connectivity index (χ0) is 53.5. The van der Waals surface area contributed by atoms with Gasteiger partial charge in [-0.3, -0.25) is 9.59 Å². The molecule has 4 bridgehead atoms. The second kappa shape index (κ2) is 19.6. The highest BCUT2D eigenvalue weighted by atomic mass is 32.1. The van der Waals surface area contributed by atoms with Crippen molar-refractivity contribution in [3.05, 3.63) is 217 Å². The second-order valence-electron chi connectivity index (χ2n) is 20.9. The van der Waals surface area contributed by atoms with Gasteiger partial charge in [0.1, 0.15) is 11.6 Å². The maximum absolute atomic E-state index is 9.43. The van der Waals surface area contributed by atoms with E-state index in [0.717, 1.165) is 47.2 Å². The molecule has 0 fully saturated rings. The van der Waals surface area contributed by atoms with Gasteiger partial charge in [-0.15, -0.1) is 45.3 Å². The first kappa shape index (κ1) is 51.2. The van der Waals surface area contributed by atoms with Crippen molar-refractivity contribution in [3.63, 3.8) is 0 Å². The first-order valence-corrected chi connectivity index (χ1v) is 28.9. The Kier molecular flexibility index (Phi) is 13.2. The number of imidazole rings is 2. The van der Waals surface area contributed by atoms with E-state index in [1.807, 2.05) is 45.3 Å². The van der Waals surface area contributed by atoms with Crippen molar-refractivity contribution in [1.82, 2.24) is 29.7 Å². The number of aryl methyl sites for hydroxylation is 8. The molecule has 6 heterocycles. The molecule has 76 heavy (non-hydrogen) atoms. The standard InChI is InChI=1S/C58H48N4S4.2C3H7NO/c1-29-25-41(33(5)63-29)51-52(42-26-30(2)64-34(42)6)60-55(59-51)57-45-21-13-9-17-37(45)50(38-18-10-14-22-46(38)57)58(47-23-15-11-19-39(47)49(57)40-20-12-16-24-48(40)58)56-61-53(43-27-31(3)65-35(43)7)54(62-56)44-28-32(4)66-36(44)8;2*1-4(2)3-5/h9-28,49-50H,1-8H3,(H,59,60)(H,61,62);2*3H,1-2H3. The first-order valence-electron chi connectivity index (χ1n) is 25.7. The zero-order valence-corrected chi connectivity index (χ0v) is 48.4. The second-order valence-corrected chi connectivity index (χ2v) is 26.7. The number of nitrogens with one attached hydrogen (secondary N) is 2. The number of thiophene rings is 4. The Balaban J connectivity index is 0.000000567. The van der Waals surface area contributed by atoms with Crippen LogP contribution in [0.1, 0.15) is 107 Å². The Morgan fingerprint density at radius 1 is 0.421 bits per heavy atom. The molecule has 6 aliphatic carbocycles. The summed E-state index contributed by atoms with van der Waals surface area (Å²) in [6.45, 7) is 17.9. The van der Waals surface area contributed by atoms with Gasteiger partial charge in [-0.05, 0) is 124 Å². The molecule has 0 radical (unpaired) electrons. The first-order chi connectivity index (χ1) is 36.5. The van der Waals surface area contributed by atoms with Crippen LogP contribution >= 0.6 is 45.3 Å². The summed E-state index contributed by atoms with van der Waals surface area (Å²) in [4.78, 5) is 52.6. The van der Waals surface area contributed by atoms with Crippen molar-refractivity contribution in [1.29, 1.82) is 0 Å². The summed E-state index contributed by atoms with van der Waals surface area (Å²) >= 11 is 7.42. The van der Waals surface area contributed by atoms with E-state index in [0.29, 0.717) is 0 Å². The largest absolute Gasteiger partial charge is 0.351 e. The highest BCUT2D eigenvalue weighted by molar-refractivity contribution is 7.13. The molecule has 10 aromatic rings. The molecule has 2 N–H and O–H groups in total. The Labute approximate surface area is 462 Å². The van der Waals surface area contributed by atoms with Gasteiger partial charge in [0.05, 0.1) is 33.6 Å². The molecule has 2 amide bonds. The maximum Gasteiger partial charge on any atom is 0.209 e. The molecule has 4 aromatic carbocycles. The third-order valence-electron chi connectivity index (χ3n) is 15.4. The van der Waals surface area contributed by atoms with Crippen molar-refractivity contribution in [2.24, 2.45) is 0 Å². The van der Waals surface area contributed by atoms with E-state index in [-0.39, 0.29) is 11.8 Å². The van der Waals surface area contributed by atoms with Crippen LogP contribution in [0.3, 0.4) is 0 Å². The lowest BCUT2D eigenvalue weighted by Crippen LogP contribution is -2.54. The molecule has 384 valence electrons. The molecular formula is C64H62N6O2S4. The summed E-state index contributed by atoms with van der Waals surface area (Å²) in [6, 6.07) is 46.8. The Hall–Kier alpha value is -6.96. The lowest BCUT2D eigenvalue weighted by Gasteiger charge is -2.59. The molecule has 6 aromatic heterocycles. The number of aromatic amines is 2. The highest BCUT2D eigenvalue weighted by Crippen LogP contribution is 2.71. The minimum Gasteiger partial charge on any atom is -0.351 e. The fourth-order valence-electron chi connectivity index (χ4n) is 12.8. The van der Waals surface area contributed by atoms with Gasteiger partial charge in [-0.1, -0.05) is 97.1 Å². The molecule has 0 saturated carbocycles. The lowest BCUT2D eigenvalue weighted by molar-refractivity contribution is -0.116. The van der Waals surface area contributed by atoms with Gasteiger partial charge in [0.25, 0.3) is 0 Å². The lowest BCUT2D eigenvalue weighted by atomic mass is 9.42.